The molecule has 2 rings (SSSR count). The third-order valence-corrected chi connectivity index (χ3v) is 2.50. The van der Waals surface area contributed by atoms with E-state index >= 15 is 0 Å². The van der Waals surface area contributed by atoms with Gasteiger partial charge in [-0.3, -0.25) is 0 Å². The molecule has 0 atom stereocenters. The van der Waals surface area contributed by atoms with E-state index in [2.05, 4.69) is 6.07 Å². The van der Waals surface area contributed by atoms with Crippen LogP contribution in [0.5, 0.6) is 17.2 Å². The first-order valence-electron chi connectivity index (χ1n) is 6.21. The van der Waals surface area contributed by atoms with Gasteiger partial charge in [0.2, 0.25) is 0 Å². The lowest BCUT2D eigenvalue weighted by Gasteiger charge is -2.07. The molecule has 0 aliphatic carbocycles. The molecule has 0 aliphatic heterocycles. The molecule has 2 aromatic rings. The third-order valence-electron chi connectivity index (χ3n) is 2.50. The van der Waals surface area contributed by atoms with Crippen molar-refractivity contribution in [3.05, 3.63) is 54.6 Å². The molecule has 0 aliphatic rings. The molecule has 0 fully saturated rings. The second-order valence-electron chi connectivity index (χ2n) is 4.00. The highest BCUT2D eigenvalue weighted by Crippen LogP contribution is 2.23. The van der Waals surface area contributed by atoms with Crippen LogP contribution in [0.3, 0.4) is 0 Å². The van der Waals surface area contributed by atoms with Crippen LogP contribution in [0.1, 0.15) is 12.8 Å². The van der Waals surface area contributed by atoms with Gasteiger partial charge in [0.05, 0.1) is 12.7 Å². The SMILES string of the molecule is N#CCCCOc1ccc(Oc2ccccc2)cc1. The minimum atomic E-state index is 0.523. The molecule has 96 valence electrons. The largest absolute Gasteiger partial charge is 0.494 e. The number of hydrogen-bond donors (Lipinski definition) is 0. The highest BCUT2D eigenvalue weighted by atomic mass is 16.5. The molecule has 0 saturated carbocycles. The summed E-state index contributed by atoms with van der Waals surface area (Å²) in [5, 5.41) is 8.42. The Kier molecular flexibility index (Phi) is 4.83. The first-order chi connectivity index (χ1) is 9.38. The van der Waals surface area contributed by atoms with Crippen molar-refractivity contribution in [1.82, 2.24) is 0 Å². The summed E-state index contributed by atoms with van der Waals surface area (Å²) in [5.41, 5.74) is 0. The number of benzene rings is 2. The fourth-order valence-corrected chi connectivity index (χ4v) is 1.57. The Bertz CT molecular complexity index is 529. The van der Waals surface area contributed by atoms with Crippen molar-refractivity contribution in [1.29, 1.82) is 5.26 Å². The van der Waals surface area contributed by atoms with Gasteiger partial charge in [-0.25, -0.2) is 0 Å². The molecule has 0 bridgehead atoms. The Morgan fingerprint density at radius 3 is 2.16 bits per heavy atom. The molecule has 0 heterocycles. The van der Waals surface area contributed by atoms with Crippen LogP contribution >= 0.6 is 0 Å². The van der Waals surface area contributed by atoms with Crippen LogP contribution in [-0.2, 0) is 0 Å². The summed E-state index contributed by atoms with van der Waals surface area (Å²) in [6, 6.07) is 19.2. The number of hydrogen-bond acceptors (Lipinski definition) is 3. The van der Waals surface area contributed by atoms with Gasteiger partial charge in [-0.2, -0.15) is 5.26 Å². The molecular weight excluding hydrogens is 238 g/mol. The van der Waals surface area contributed by atoms with Crippen LogP contribution in [0.25, 0.3) is 0 Å². The predicted octanol–water partition coefficient (Wildman–Crippen LogP) is 4.16. The van der Waals surface area contributed by atoms with E-state index in [0.29, 0.717) is 13.0 Å². The van der Waals surface area contributed by atoms with E-state index < -0.39 is 0 Å². The molecule has 0 unspecified atom stereocenters. The predicted molar refractivity (Wildman–Crippen MR) is 73.3 cm³/mol. The normalized spacial score (nSPS) is 9.63. The summed E-state index contributed by atoms with van der Waals surface area (Å²) >= 11 is 0. The summed E-state index contributed by atoms with van der Waals surface area (Å²) in [7, 11) is 0. The van der Waals surface area contributed by atoms with Gasteiger partial charge in [-0.05, 0) is 42.8 Å². The molecule has 0 spiro atoms. The smallest absolute Gasteiger partial charge is 0.127 e. The van der Waals surface area contributed by atoms with Crippen molar-refractivity contribution in [2.24, 2.45) is 0 Å². The zero-order chi connectivity index (χ0) is 13.3. The van der Waals surface area contributed by atoms with Gasteiger partial charge >= 0.3 is 0 Å². The Morgan fingerprint density at radius 2 is 1.47 bits per heavy atom. The number of unbranched alkanes of at least 4 members (excludes halogenated alkanes) is 1. The lowest BCUT2D eigenvalue weighted by atomic mass is 10.3. The standard InChI is InChI=1S/C16H15NO2/c17-12-4-5-13-18-14-8-10-16(11-9-14)19-15-6-2-1-3-7-15/h1-3,6-11H,4-5,13H2. The molecule has 0 radical (unpaired) electrons. The first kappa shape index (κ1) is 13.0. The van der Waals surface area contributed by atoms with Crippen LogP contribution < -0.4 is 9.47 Å². The zero-order valence-electron chi connectivity index (χ0n) is 10.6. The summed E-state index contributed by atoms with van der Waals surface area (Å²) < 4.78 is 11.2. The van der Waals surface area contributed by atoms with Gasteiger partial charge in [0, 0.05) is 6.42 Å². The maximum Gasteiger partial charge on any atom is 0.127 e. The Labute approximate surface area is 113 Å². The van der Waals surface area contributed by atoms with Crippen LogP contribution in [0.4, 0.5) is 0 Å². The molecule has 0 amide bonds. The van der Waals surface area contributed by atoms with E-state index in [-0.39, 0.29) is 0 Å². The molecule has 19 heavy (non-hydrogen) atoms. The van der Waals surface area contributed by atoms with Crippen molar-refractivity contribution in [2.75, 3.05) is 6.61 Å². The quantitative estimate of drug-likeness (QED) is 0.726. The fraction of sp³-hybridized carbons (Fsp3) is 0.188. The number of nitrogens with zero attached hydrogens (tertiary/aromatic N) is 1. The average molecular weight is 253 g/mol. The summed E-state index contributed by atoms with van der Waals surface area (Å²) in [5.74, 6) is 2.37. The van der Waals surface area contributed by atoms with Gasteiger partial charge < -0.3 is 9.47 Å². The van der Waals surface area contributed by atoms with Gasteiger partial charge in [0.15, 0.2) is 0 Å². The van der Waals surface area contributed by atoms with Crippen molar-refractivity contribution >= 4 is 0 Å². The van der Waals surface area contributed by atoms with Crippen LogP contribution in [-0.4, -0.2) is 6.61 Å². The average Bonchev–Trinajstić information content (AvgIpc) is 2.46. The lowest BCUT2D eigenvalue weighted by Crippen LogP contribution is -1.96. The van der Waals surface area contributed by atoms with E-state index in [1.165, 1.54) is 0 Å². The molecule has 0 aromatic heterocycles. The maximum absolute atomic E-state index is 8.42. The van der Waals surface area contributed by atoms with Gasteiger partial charge in [-0.1, -0.05) is 18.2 Å². The molecule has 3 nitrogen and oxygen atoms in total. The van der Waals surface area contributed by atoms with Crippen molar-refractivity contribution in [2.45, 2.75) is 12.8 Å². The Balaban J connectivity index is 1.86. The minimum absolute atomic E-state index is 0.523. The van der Waals surface area contributed by atoms with E-state index in [0.717, 1.165) is 23.7 Å². The van der Waals surface area contributed by atoms with E-state index in [1.807, 2.05) is 54.6 Å². The minimum Gasteiger partial charge on any atom is -0.494 e. The highest BCUT2D eigenvalue weighted by molar-refractivity contribution is 5.35. The van der Waals surface area contributed by atoms with E-state index in [4.69, 9.17) is 14.7 Å². The van der Waals surface area contributed by atoms with Crippen LogP contribution in [0.2, 0.25) is 0 Å². The van der Waals surface area contributed by atoms with Crippen molar-refractivity contribution in [3.63, 3.8) is 0 Å². The number of para-hydroxylation sites is 1. The van der Waals surface area contributed by atoms with Gasteiger partial charge in [-0.15, -0.1) is 0 Å². The Morgan fingerprint density at radius 1 is 0.842 bits per heavy atom. The maximum atomic E-state index is 8.42. The number of ether oxygens (including phenoxy) is 2. The Hall–Kier alpha value is -2.47. The number of rotatable bonds is 6. The molecule has 0 N–H and O–H groups in total. The molecule has 2 aromatic carbocycles. The first-order valence-corrected chi connectivity index (χ1v) is 6.21. The monoisotopic (exact) mass is 253 g/mol. The van der Waals surface area contributed by atoms with Crippen LogP contribution in [0.15, 0.2) is 54.6 Å². The highest BCUT2D eigenvalue weighted by Gasteiger charge is 1.98. The van der Waals surface area contributed by atoms with Gasteiger partial charge in [0.1, 0.15) is 17.2 Å². The summed E-state index contributed by atoms with van der Waals surface area (Å²) in [6.45, 7) is 0.562. The lowest BCUT2D eigenvalue weighted by molar-refractivity contribution is 0.312. The fourth-order valence-electron chi connectivity index (χ4n) is 1.57. The topological polar surface area (TPSA) is 42.2 Å². The number of nitriles is 1. The van der Waals surface area contributed by atoms with Gasteiger partial charge in [0.25, 0.3) is 0 Å². The van der Waals surface area contributed by atoms with E-state index in [9.17, 15) is 0 Å². The third kappa shape index (κ3) is 4.36. The van der Waals surface area contributed by atoms with E-state index in [1.54, 1.807) is 0 Å². The second-order valence-corrected chi connectivity index (χ2v) is 4.00. The summed E-state index contributed by atoms with van der Waals surface area (Å²) in [6.07, 6.45) is 1.27. The second kappa shape index (κ2) is 7.07. The van der Waals surface area contributed by atoms with Crippen molar-refractivity contribution < 1.29 is 9.47 Å². The molecule has 3 heteroatoms. The van der Waals surface area contributed by atoms with Crippen molar-refractivity contribution in [3.8, 4) is 23.3 Å². The van der Waals surface area contributed by atoms with Crippen LogP contribution in [0, 0.1) is 11.3 Å². The molecular formula is C16H15NO2. The summed E-state index contributed by atoms with van der Waals surface area (Å²) in [4.78, 5) is 0. The molecule has 0 saturated heterocycles. The zero-order valence-corrected chi connectivity index (χ0v) is 10.6.